The van der Waals surface area contributed by atoms with Gasteiger partial charge in [0.2, 0.25) is 5.91 Å². The largest absolute Gasteiger partial charge is 0.351 e. The van der Waals surface area contributed by atoms with Gasteiger partial charge < -0.3 is 5.32 Å². The lowest BCUT2D eigenvalue weighted by atomic mass is 10.2. The molecule has 1 heterocycles. The number of nitrogens with zero attached hydrogens (tertiary/aromatic N) is 1. The number of pyridine rings is 1. The Hall–Kier alpha value is -1.52. The van der Waals surface area contributed by atoms with Crippen LogP contribution in [0.25, 0.3) is 0 Å². The highest BCUT2D eigenvalue weighted by Gasteiger charge is 2.06. The molecule has 1 N–H and O–H groups in total. The van der Waals surface area contributed by atoms with Crippen LogP contribution in [0.15, 0.2) is 53.7 Å². The monoisotopic (exact) mass is 292 g/mol. The van der Waals surface area contributed by atoms with Gasteiger partial charge in [0.1, 0.15) is 5.03 Å². The Morgan fingerprint density at radius 2 is 2.00 bits per heavy atom. The van der Waals surface area contributed by atoms with Crippen LogP contribution in [-0.4, -0.2) is 16.6 Å². The van der Waals surface area contributed by atoms with Crippen molar-refractivity contribution in [3.8, 4) is 0 Å². The second-order valence-electron chi connectivity index (χ2n) is 3.84. The molecule has 0 saturated heterocycles. The quantitative estimate of drug-likeness (QED) is 0.861. The van der Waals surface area contributed by atoms with Gasteiger partial charge in [-0.1, -0.05) is 53.7 Å². The molecule has 0 aliphatic carbocycles. The molecule has 1 aromatic carbocycles. The standard InChI is InChI=1S/C14H13ClN2OS/c15-12-7-4-8-16-14(12)19-10-13(18)17-9-11-5-2-1-3-6-11/h1-8H,9-10H2,(H,17,18). The summed E-state index contributed by atoms with van der Waals surface area (Å²) in [6, 6.07) is 13.3. The van der Waals surface area contributed by atoms with Gasteiger partial charge in [-0.15, -0.1) is 0 Å². The zero-order valence-electron chi connectivity index (χ0n) is 10.2. The predicted octanol–water partition coefficient (Wildman–Crippen LogP) is 3.14. The lowest BCUT2D eigenvalue weighted by molar-refractivity contribution is -0.118. The summed E-state index contributed by atoms with van der Waals surface area (Å²) in [4.78, 5) is 15.8. The van der Waals surface area contributed by atoms with E-state index >= 15 is 0 Å². The highest BCUT2D eigenvalue weighted by molar-refractivity contribution is 8.00. The molecule has 0 unspecified atom stereocenters. The van der Waals surface area contributed by atoms with Gasteiger partial charge in [0.15, 0.2) is 0 Å². The van der Waals surface area contributed by atoms with Crippen LogP contribution in [0.1, 0.15) is 5.56 Å². The second kappa shape index (κ2) is 7.16. The third-order valence-electron chi connectivity index (χ3n) is 2.40. The molecule has 1 aromatic heterocycles. The highest BCUT2D eigenvalue weighted by atomic mass is 35.5. The number of rotatable bonds is 5. The molecule has 3 nitrogen and oxygen atoms in total. The van der Waals surface area contributed by atoms with Crippen LogP contribution in [0, 0.1) is 0 Å². The summed E-state index contributed by atoms with van der Waals surface area (Å²) in [5.41, 5.74) is 1.08. The average molecular weight is 293 g/mol. The van der Waals surface area contributed by atoms with Gasteiger partial charge in [0, 0.05) is 12.7 Å². The summed E-state index contributed by atoms with van der Waals surface area (Å²) >= 11 is 7.30. The summed E-state index contributed by atoms with van der Waals surface area (Å²) < 4.78 is 0. The van der Waals surface area contributed by atoms with Crippen molar-refractivity contribution in [3.05, 3.63) is 59.2 Å². The molecular weight excluding hydrogens is 280 g/mol. The first kappa shape index (κ1) is 13.9. The molecule has 0 aliphatic rings. The van der Waals surface area contributed by atoms with Crippen LogP contribution >= 0.6 is 23.4 Å². The number of benzene rings is 1. The average Bonchev–Trinajstić information content (AvgIpc) is 2.45. The number of halogens is 1. The molecule has 0 saturated carbocycles. The lowest BCUT2D eigenvalue weighted by Crippen LogP contribution is -2.24. The Morgan fingerprint density at radius 1 is 1.21 bits per heavy atom. The van der Waals surface area contributed by atoms with E-state index in [0.717, 1.165) is 5.56 Å². The molecule has 0 bridgehead atoms. The van der Waals surface area contributed by atoms with E-state index in [0.29, 0.717) is 22.3 Å². The Balaban J connectivity index is 1.78. The van der Waals surface area contributed by atoms with E-state index in [-0.39, 0.29) is 5.91 Å². The van der Waals surface area contributed by atoms with Crippen molar-refractivity contribution in [1.29, 1.82) is 0 Å². The maximum atomic E-state index is 11.7. The summed E-state index contributed by atoms with van der Waals surface area (Å²) in [7, 11) is 0. The zero-order chi connectivity index (χ0) is 13.5. The van der Waals surface area contributed by atoms with Gasteiger partial charge in [-0.3, -0.25) is 4.79 Å². The molecule has 0 fully saturated rings. The van der Waals surface area contributed by atoms with Gasteiger partial charge in [-0.25, -0.2) is 4.98 Å². The third kappa shape index (κ3) is 4.58. The van der Waals surface area contributed by atoms with Gasteiger partial charge in [-0.05, 0) is 17.7 Å². The van der Waals surface area contributed by atoms with Crippen molar-refractivity contribution in [3.63, 3.8) is 0 Å². The predicted molar refractivity (Wildman–Crippen MR) is 78.3 cm³/mol. The number of carbonyl (C=O) groups excluding carboxylic acids is 1. The maximum Gasteiger partial charge on any atom is 0.230 e. The Bertz CT molecular complexity index is 548. The summed E-state index contributed by atoms with van der Waals surface area (Å²) in [6.07, 6.45) is 1.66. The van der Waals surface area contributed by atoms with Gasteiger partial charge >= 0.3 is 0 Å². The van der Waals surface area contributed by atoms with Crippen molar-refractivity contribution >= 4 is 29.3 Å². The minimum absolute atomic E-state index is 0.0319. The fourth-order valence-corrected chi connectivity index (χ4v) is 2.46. The van der Waals surface area contributed by atoms with Crippen molar-refractivity contribution in [2.75, 3.05) is 5.75 Å². The summed E-state index contributed by atoms with van der Waals surface area (Å²) in [5.74, 6) is 0.277. The molecule has 0 atom stereocenters. The molecule has 5 heteroatoms. The number of nitrogens with one attached hydrogen (secondary N) is 1. The van der Waals surface area contributed by atoms with Crippen molar-refractivity contribution in [1.82, 2.24) is 10.3 Å². The fourth-order valence-electron chi connectivity index (χ4n) is 1.46. The third-order valence-corrected chi connectivity index (χ3v) is 3.82. The molecule has 0 spiro atoms. The van der Waals surface area contributed by atoms with Crippen LogP contribution in [0.5, 0.6) is 0 Å². The van der Waals surface area contributed by atoms with E-state index < -0.39 is 0 Å². The molecule has 2 aromatic rings. The summed E-state index contributed by atoms with van der Waals surface area (Å²) in [5, 5.41) is 4.11. The van der Waals surface area contributed by atoms with Crippen LogP contribution < -0.4 is 5.32 Å². The maximum absolute atomic E-state index is 11.7. The number of aromatic nitrogens is 1. The molecule has 98 valence electrons. The van der Waals surface area contributed by atoms with Crippen molar-refractivity contribution < 1.29 is 4.79 Å². The van der Waals surface area contributed by atoms with Crippen LogP contribution in [0.4, 0.5) is 0 Å². The zero-order valence-corrected chi connectivity index (χ0v) is 11.7. The Kier molecular flexibility index (Phi) is 5.24. The van der Waals surface area contributed by atoms with E-state index in [2.05, 4.69) is 10.3 Å². The minimum Gasteiger partial charge on any atom is -0.351 e. The molecule has 2 rings (SSSR count). The first-order valence-corrected chi connectivity index (χ1v) is 7.16. The van der Waals surface area contributed by atoms with Crippen LogP contribution in [-0.2, 0) is 11.3 Å². The van der Waals surface area contributed by atoms with E-state index in [1.807, 2.05) is 30.3 Å². The van der Waals surface area contributed by atoms with Gasteiger partial charge in [0.05, 0.1) is 10.8 Å². The van der Waals surface area contributed by atoms with Crippen LogP contribution in [0.2, 0.25) is 5.02 Å². The smallest absolute Gasteiger partial charge is 0.230 e. The lowest BCUT2D eigenvalue weighted by Gasteiger charge is -2.05. The second-order valence-corrected chi connectivity index (χ2v) is 5.21. The molecule has 0 aliphatic heterocycles. The first-order chi connectivity index (χ1) is 9.25. The molecular formula is C14H13ClN2OS. The minimum atomic E-state index is -0.0319. The number of hydrogen-bond acceptors (Lipinski definition) is 3. The van der Waals surface area contributed by atoms with E-state index in [1.54, 1.807) is 18.3 Å². The number of amides is 1. The fraction of sp³-hybridized carbons (Fsp3) is 0.143. The van der Waals surface area contributed by atoms with Crippen molar-refractivity contribution in [2.45, 2.75) is 11.6 Å². The van der Waals surface area contributed by atoms with E-state index in [4.69, 9.17) is 11.6 Å². The molecule has 1 amide bonds. The Labute approximate surface area is 121 Å². The highest BCUT2D eigenvalue weighted by Crippen LogP contribution is 2.23. The molecule has 0 radical (unpaired) electrons. The number of carbonyl (C=O) groups is 1. The van der Waals surface area contributed by atoms with Gasteiger partial charge in [-0.2, -0.15) is 0 Å². The number of hydrogen-bond donors (Lipinski definition) is 1. The first-order valence-electron chi connectivity index (χ1n) is 5.79. The molecule has 19 heavy (non-hydrogen) atoms. The van der Waals surface area contributed by atoms with E-state index in [9.17, 15) is 4.79 Å². The summed E-state index contributed by atoms with van der Waals surface area (Å²) in [6.45, 7) is 0.538. The number of thioether (sulfide) groups is 1. The topological polar surface area (TPSA) is 42.0 Å². The van der Waals surface area contributed by atoms with Crippen LogP contribution in [0.3, 0.4) is 0 Å². The van der Waals surface area contributed by atoms with E-state index in [1.165, 1.54) is 11.8 Å². The Morgan fingerprint density at radius 3 is 2.74 bits per heavy atom. The van der Waals surface area contributed by atoms with Gasteiger partial charge in [0.25, 0.3) is 0 Å². The normalized spacial score (nSPS) is 10.2. The SMILES string of the molecule is O=C(CSc1ncccc1Cl)NCc1ccccc1. The van der Waals surface area contributed by atoms with Crippen molar-refractivity contribution in [2.24, 2.45) is 0 Å².